The highest BCUT2D eigenvalue weighted by Crippen LogP contribution is 2.44. The zero-order chi connectivity index (χ0) is 25.9. The lowest BCUT2D eigenvalue weighted by molar-refractivity contribution is -0.117. The molecule has 2 heterocycles. The number of thiophene rings is 1. The molecule has 2 aromatic rings. The lowest BCUT2D eigenvalue weighted by atomic mass is 9.72. The standard InChI is InChI=1S/C28H39N3O4S/c1-28(2,3)18-9-11-20-23(15-18)36-27(30-24(32)17-31-13-7-6-8-14-31)25(20)26(33)29-21-16-19(34-4)10-12-22(21)35-5/h10,12,16,18H,6-9,11,13-15,17H2,1-5H3,(H,29,33)(H,30,32)/t18-/m1/s1. The van der Waals surface area contributed by atoms with E-state index in [1.165, 1.54) is 11.3 Å². The van der Waals surface area contributed by atoms with Crippen molar-refractivity contribution in [3.8, 4) is 11.5 Å². The van der Waals surface area contributed by atoms with Gasteiger partial charge in [0.2, 0.25) is 5.91 Å². The third-order valence-electron chi connectivity index (χ3n) is 7.44. The Hall–Kier alpha value is -2.58. The number of nitrogens with zero attached hydrogens (tertiary/aromatic N) is 1. The molecule has 4 rings (SSSR count). The van der Waals surface area contributed by atoms with Gasteiger partial charge in [-0.05, 0) is 74.2 Å². The molecule has 0 saturated carbocycles. The quantitative estimate of drug-likeness (QED) is 0.504. The van der Waals surface area contributed by atoms with Crippen LogP contribution in [0.4, 0.5) is 10.7 Å². The Morgan fingerprint density at radius 3 is 2.50 bits per heavy atom. The van der Waals surface area contributed by atoms with E-state index in [2.05, 4.69) is 36.3 Å². The highest BCUT2D eigenvalue weighted by molar-refractivity contribution is 7.17. The molecule has 1 fully saturated rings. The first-order chi connectivity index (χ1) is 17.2. The van der Waals surface area contributed by atoms with E-state index < -0.39 is 0 Å². The zero-order valence-electron chi connectivity index (χ0n) is 22.2. The van der Waals surface area contributed by atoms with E-state index in [4.69, 9.17) is 9.47 Å². The van der Waals surface area contributed by atoms with E-state index in [0.717, 1.165) is 50.8 Å². The summed E-state index contributed by atoms with van der Waals surface area (Å²) in [4.78, 5) is 30.1. The van der Waals surface area contributed by atoms with Crippen molar-refractivity contribution in [2.24, 2.45) is 11.3 Å². The Kier molecular flexibility index (Phi) is 8.25. The lowest BCUT2D eigenvalue weighted by Crippen LogP contribution is -2.37. The predicted octanol–water partition coefficient (Wildman–Crippen LogP) is 5.59. The molecule has 196 valence electrons. The summed E-state index contributed by atoms with van der Waals surface area (Å²) in [7, 11) is 3.16. The van der Waals surface area contributed by atoms with Gasteiger partial charge in [0.15, 0.2) is 0 Å². The molecule has 7 nitrogen and oxygen atoms in total. The summed E-state index contributed by atoms with van der Waals surface area (Å²) in [6.07, 6.45) is 6.26. The van der Waals surface area contributed by atoms with Gasteiger partial charge in [0.25, 0.3) is 5.91 Å². The van der Waals surface area contributed by atoms with Crippen molar-refractivity contribution in [1.82, 2.24) is 4.90 Å². The van der Waals surface area contributed by atoms with Crippen LogP contribution in [0, 0.1) is 11.3 Å². The highest BCUT2D eigenvalue weighted by atomic mass is 32.1. The van der Waals surface area contributed by atoms with Crippen LogP contribution in [0.3, 0.4) is 0 Å². The number of fused-ring (bicyclic) bond motifs is 1. The fourth-order valence-corrected chi connectivity index (χ4v) is 6.58. The fourth-order valence-electron chi connectivity index (χ4n) is 5.24. The molecule has 0 unspecified atom stereocenters. The number of ether oxygens (including phenoxy) is 2. The summed E-state index contributed by atoms with van der Waals surface area (Å²) < 4.78 is 10.8. The first-order valence-electron chi connectivity index (χ1n) is 12.9. The fraction of sp³-hybridized carbons (Fsp3) is 0.571. The molecule has 36 heavy (non-hydrogen) atoms. The zero-order valence-corrected chi connectivity index (χ0v) is 23.0. The summed E-state index contributed by atoms with van der Waals surface area (Å²) >= 11 is 1.56. The normalized spacial score (nSPS) is 18.3. The molecule has 0 bridgehead atoms. The van der Waals surface area contributed by atoms with E-state index in [0.29, 0.717) is 40.2 Å². The Bertz CT molecular complexity index is 1100. The van der Waals surface area contributed by atoms with Crippen LogP contribution in [0.15, 0.2) is 18.2 Å². The molecule has 0 radical (unpaired) electrons. The minimum absolute atomic E-state index is 0.0594. The molecule has 1 aliphatic heterocycles. The number of carbonyl (C=O) groups excluding carboxylic acids is 2. The molecule has 2 aliphatic rings. The number of nitrogens with one attached hydrogen (secondary N) is 2. The number of methoxy groups -OCH3 is 2. The summed E-state index contributed by atoms with van der Waals surface area (Å²) in [5.74, 6) is 1.42. The topological polar surface area (TPSA) is 79.9 Å². The van der Waals surface area contributed by atoms with Gasteiger partial charge in [-0.2, -0.15) is 0 Å². The molecule has 2 N–H and O–H groups in total. The Labute approximate surface area is 218 Å². The first-order valence-corrected chi connectivity index (χ1v) is 13.7. The van der Waals surface area contributed by atoms with Gasteiger partial charge in [0, 0.05) is 10.9 Å². The summed E-state index contributed by atoms with van der Waals surface area (Å²) in [6, 6.07) is 5.31. The summed E-state index contributed by atoms with van der Waals surface area (Å²) in [5.41, 5.74) is 2.37. The van der Waals surface area contributed by atoms with E-state index in [9.17, 15) is 9.59 Å². The van der Waals surface area contributed by atoms with Gasteiger partial charge in [-0.1, -0.05) is 27.2 Å². The number of likely N-dealkylation sites (tertiary alicyclic amines) is 1. The molecule has 1 aromatic carbocycles. The third-order valence-corrected chi connectivity index (χ3v) is 8.61. The van der Waals surface area contributed by atoms with Gasteiger partial charge in [-0.3, -0.25) is 14.5 Å². The number of hydrogen-bond donors (Lipinski definition) is 2. The second-order valence-corrected chi connectivity index (χ2v) is 12.0. The lowest BCUT2D eigenvalue weighted by Gasteiger charge is -2.33. The first kappa shape index (κ1) is 26.5. The number of rotatable bonds is 7. The van der Waals surface area contributed by atoms with Crippen molar-refractivity contribution in [3.63, 3.8) is 0 Å². The third kappa shape index (κ3) is 6.03. The van der Waals surface area contributed by atoms with E-state index in [-0.39, 0.29) is 17.2 Å². The molecule has 1 aliphatic carbocycles. The van der Waals surface area contributed by atoms with Gasteiger partial charge in [0.1, 0.15) is 16.5 Å². The molecule has 0 spiro atoms. The van der Waals surface area contributed by atoms with Crippen molar-refractivity contribution in [1.29, 1.82) is 0 Å². The van der Waals surface area contributed by atoms with Crippen molar-refractivity contribution in [3.05, 3.63) is 34.2 Å². The smallest absolute Gasteiger partial charge is 0.259 e. The van der Waals surface area contributed by atoms with Gasteiger partial charge >= 0.3 is 0 Å². The molecular weight excluding hydrogens is 474 g/mol. The van der Waals surface area contributed by atoms with Crippen LogP contribution in [0.1, 0.15) is 67.3 Å². The second-order valence-electron chi connectivity index (χ2n) is 10.9. The van der Waals surface area contributed by atoms with Crippen molar-refractivity contribution in [2.75, 3.05) is 44.5 Å². The number of piperidine rings is 1. The van der Waals surface area contributed by atoms with E-state index in [1.54, 1.807) is 43.8 Å². The van der Waals surface area contributed by atoms with Gasteiger partial charge in [-0.15, -0.1) is 11.3 Å². The largest absolute Gasteiger partial charge is 0.497 e. The van der Waals surface area contributed by atoms with Crippen molar-refractivity contribution in [2.45, 2.75) is 59.3 Å². The minimum Gasteiger partial charge on any atom is -0.497 e. The van der Waals surface area contributed by atoms with Crippen LogP contribution in [0.2, 0.25) is 0 Å². The monoisotopic (exact) mass is 513 g/mol. The van der Waals surface area contributed by atoms with Crippen LogP contribution >= 0.6 is 11.3 Å². The Morgan fingerprint density at radius 2 is 1.83 bits per heavy atom. The molecular formula is C28H39N3O4S. The summed E-state index contributed by atoms with van der Waals surface area (Å²) in [6.45, 7) is 9.09. The number of hydrogen-bond acceptors (Lipinski definition) is 6. The van der Waals surface area contributed by atoms with Crippen molar-refractivity contribution < 1.29 is 19.1 Å². The van der Waals surface area contributed by atoms with Crippen LogP contribution in [-0.2, 0) is 17.6 Å². The Balaban J connectivity index is 1.63. The molecule has 8 heteroatoms. The van der Waals surface area contributed by atoms with Crippen molar-refractivity contribution >= 4 is 33.8 Å². The highest BCUT2D eigenvalue weighted by Gasteiger charge is 2.34. The molecule has 2 amide bonds. The maximum Gasteiger partial charge on any atom is 0.259 e. The number of anilines is 2. The predicted molar refractivity (Wildman–Crippen MR) is 146 cm³/mol. The average Bonchev–Trinajstić information content (AvgIpc) is 3.20. The maximum atomic E-state index is 13.7. The maximum absolute atomic E-state index is 13.7. The van der Waals surface area contributed by atoms with Crippen LogP contribution in [0.25, 0.3) is 0 Å². The van der Waals surface area contributed by atoms with Crippen LogP contribution < -0.4 is 20.1 Å². The van der Waals surface area contributed by atoms with Gasteiger partial charge < -0.3 is 20.1 Å². The minimum atomic E-state index is -0.235. The summed E-state index contributed by atoms with van der Waals surface area (Å²) in [5, 5.41) is 6.78. The number of amides is 2. The average molecular weight is 514 g/mol. The molecule has 1 saturated heterocycles. The van der Waals surface area contributed by atoms with E-state index in [1.807, 2.05) is 0 Å². The Morgan fingerprint density at radius 1 is 1.08 bits per heavy atom. The molecule has 1 atom stereocenters. The molecule has 1 aromatic heterocycles. The van der Waals surface area contributed by atoms with Gasteiger partial charge in [-0.25, -0.2) is 0 Å². The number of carbonyl (C=O) groups is 2. The number of benzene rings is 1. The van der Waals surface area contributed by atoms with E-state index >= 15 is 0 Å². The van der Waals surface area contributed by atoms with Crippen LogP contribution in [-0.4, -0.2) is 50.6 Å². The van der Waals surface area contributed by atoms with Crippen LogP contribution in [0.5, 0.6) is 11.5 Å². The SMILES string of the molecule is COc1ccc(OC)c(NC(=O)c2c(NC(=O)CN3CCCCC3)sc3c2CC[C@@H](C(C)(C)C)C3)c1. The second kappa shape index (κ2) is 11.2. The van der Waals surface area contributed by atoms with Gasteiger partial charge in [0.05, 0.1) is 32.0 Å².